The van der Waals surface area contributed by atoms with Crippen molar-refractivity contribution in [1.29, 1.82) is 5.26 Å². The molecule has 0 fully saturated rings. The molecule has 0 saturated heterocycles. The fourth-order valence-electron chi connectivity index (χ4n) is 2.77. The van der Waals surface area contributed by atoms with Gasteiger partial charge in [-0.2, -0.15) is 10.4 Å². The van der Waals surface area contributed by atoms with Gasteiger partial charge < -0.3 is 0 Å². The van der Waals surface area contributed by atoms with Crippen LogP contribution in [0, 0.1) is 32.1 Å². The van der Waals surface area contributed by atoms with Gasteiger partial charge >= 0.3 is 0 Å². The van der Waals surface area contributed by atoms with Crippen LogP contribution in [0.4, 0.5) is 0 Å². The van der Waals surface area contributed by atoms with Gasteiger partial charge in [-0.15, -0.1) is 0 Å². The van der Waals surface area contributed by atoms with E-state index in [1.165, 1.54) is 11.1 Å². The molecule has 0 radical (unpaired) electrons. The summed E-state index contributed by atoms with van der Waals surface area (Å²) in [6.45, 7) is 6.80. The number of nitriles is 1. The van der Waals surface area contributed by atoms with E-state index in [1.807, 2.05) is 42.8 Å². The molecule has 1 aromatic carbocycles. The van der Waals surface area contributed by atoms with Crippen molar-refractivity contribution in [3.63, 3.8) is 0 Å². The van der Waals surface area contributed by atoms with Crippen molar-refractivity contribution in [2.24, 2.45) is 0 Å². The standard InChI is InChI=1S/C21H20N4/c1-15-7-9-18(10-8-15)14-25-17(3)20(16(2)24-25)12-19(13-22)21-6-4-5-11-23-21/h4-12H,14H2,1-3H3/b19-12+. The largest absolute Gasteiger partial charge is 0.265 e. The van der Waals surface area contributed by atoms with Crippen LogP contribution in [0.5, 0.6) is 0 Å². The van der Waals surface area contributed by atoms with E-state index >= 15 is 0 Å². The highest BCUT2D eigenvalue weighted by molar-refractivity contribution is 5.89. The SMILES string of the molecule is Cc1ccc(Cn2nc(C)c(/C=C(\C#N)c3ccccn3)c2C)cc1. The van der Waals surface area contributed by atoms with Gasteiger partial charge in [-0.1, -0.05) is 35.9 Å². The molecule has 3 rings (SSSR count). The van der Waals surface area contributed by atoms with E-state index < -0.39 is 0 Å². The van der Waals surface area contributed by atoms with Crippen molar-refractivity contribution in [2.75, 3.05) is 0 Å². The molecule has 2 heterocycles. The summed E-state index contributed by atoms with van der Waals surface area (Å²) >= 11 is 0. The number of benzene rings is 1. The summed E-state index contributed by atoms with van der Waals surface area (Å²) in [5.74, 6) is 0. The predicted molar refractivity (Wildman–Crippen MR) is 99.7 cm³/mol. The normalized spacial score (nSPS) is 11.4. The van der Waals surface area contributed by atoms with Crippen molar-refractivity contribution in [2.45, 2.75) is 27.3 Å². The maximum absolute atomic E-state index is 9.51. The molecule has 0 unspecified atom stereocenters. The van der Waals surface area contributed by atoms with E-state index in [-0.39, 0.29) is 0 Å². The molecule has 0 aliphatic carbocycles. The van der Waals surface area contributed by atoms with Crippen LogP contribution in [0.3, 0.4) is 0 Å². The van der Waals surface area contributed by atoms with Crippen LogP contribution in [0.25, 0.3) is 11.6 Å². The first kappa shape index (κ1) is 16.7. The molecular formula is C21H20N4. The molecule has 4 nitrogen and oxygen atoms in total. The Labute approximate surface area is 148 Å². The Morgan fingerprint density at radius 2 is 1.88 bits per heavy atom. The molecule has 0 spiro atoms. The predicted octanol–water partition coefficient (Wildman–Crippen LogP) is 4.32. The van der Waals surface area contributed by atoms with Gasteiger partial charge in [0.2, 0.25) is 0 Å². The van der Waals surface area contributed by atoms with E-state index in [4.69, 9.17) is 0 Å². The summed E-state index contributed by atoms with van der Waals surface area (Å²) in [7, 11) is 0. The molecule has 4 heteroatoms. The minimum atomic E-state index is 0.543. The topological polar surface area (TPSA) is 54.5 Å². The molecule has 0 atom stereocenters. The van der Waals surface area contributed by atoms with Gasteiger partial charge in [0, 0.05) is 17.5 Å². The fourth-order valence-corrected chi connectivity index (χ4v) is 2.77. The number of hydrogen-bond donors (Lipinski definition) is 0. The third-order valence-corrected chi connectivity index (χ3v) is 4.24. The van der Waals surface area contributed by atoms with Crippen LogP contribution < -0.4 is 0 Å². The first-order valence-corrected chi connectivity index (χ1v) is 8.21. The van der Waals surface area contributed by atoms with Gasteiger partial charge in [0.05, 0.1) is 23.5 Å². The van der Waals surface area contributed by atoms with Crippen LogP contribution in [0.2, 0.25) is 0 Å². The monoisotopic (exact) mass is 328 g/mol. The summed E-state index contributed by atoms with van der Waals surface area (Å²) in [5.41, 5.74) is 6.60. The molecule has 0 N–H and O–H groups in total. The summed E-state index contributed by atoms with van der Waals surface area (Å²) in [6.07, 6.45) is 3.58. The molecule has 2 aromatic heterocycles. The number of hydrogen-bond acceptors (Lipinski definition) is 3. The van der Waals surface area contributed by atoms with Gasteiger partial charge in [-0.3, -0.25) is 9.67 Å². The van der Waals surface area contributed by atoms with Crippen molar-refractivity contribution >= 4 is 11.6 Å². The smallest absolute Gasteiger partial charge is 0.101 e. The first-order valence-electron chi connectivity index (χ1n) is 8.21. The zero-order valence-corrected chi connectivity index (χ0v) is 14.7. The van der Waals surface area contributed by atoms with Gasteiger partial charge in [0.15, 0.2) is 0 Å². The second-order valence-corrected chi connectivity index (χ2v) is 6.11. The maximum atomic E-state index is 9.51. The number of rotatable bonds is 4. The molecule has 124 valence electrons. The summed E-state index contributed by atoms with van der Waals surface area (Å²) in [5, 5.41) is 14.2. The number of pyridine rings is 1. The molecular weight excluding hydrogens is 308 g/mol. The Bertz CT molecular complexity index is 942. The molecule has 0 saturated carbocycles. The van der Waals surface area contributed by atoms with Crippen molar-refractivity contribution in [3.05, 3.63) is 82.4 Å². The van der Waals surface area contributed by atoms with Gasteiger partial charge in [0.1, 0.15) is 6.07 Å². The van der Waals surface area contributed by atoms with Crippen LogP contribution in [0.15, 0.2) is 48.7 Å². The summed E-state index contributed by atoms with van der Waals surface area (Å²) < 4.78 is 1.99. The van der Waals surface area contributed by atoms with Gasteiger partial charge in [0.25, 0.3) is 0 Å². The number of aromatic nitrogens is 3. The highest BCUT2D eigenvalue weighted by Crippen LogP contribution is 2.21. The Balaban J connectivity index is 1.95. The van der Waals surface area contributed by atoms with E-state index in [1.54, 1.807) is 6.20 Å². The van der Waals surface area contributed by atoms with Crippen LogP contribution in [0.1, 0.15) is 33.8 Å². The zero-order valence-electron chi connectivity index (χ0n) is 14.7. The van der Waals surface area contributed by atoms with Crippen LogP contribution in [-0.2, 0) is 6.54 Å². The van der Waals surface area contributed by atoms with Gasteiger partial charge in [-0.25, -0.2) is 0 Å². The lowest BCUT2D eigenvalue weighted by Gasteiger charge is -2.05. The Hall–Kier alpha value is -3.19. The summed E-state index contributed by atoms with van der Waals surface area (Å²) in [4.78, 5) is 4.27. The highest BCUT2D eigenvalue weighted by Gasteiger charge is 2.12. The second kappa shape index (κ2) is 7.14. The zero-order chi connectivity index (χ0) is 17.8. The van der Waals surface area contributed by atoms with Crippen molar-refractivity contribution in [3.8, 4) is 6.07 Å². The lowest BCUT2D eigenvalue weighted by molar-refractivity contribution is 0.659. The van der Waals surface area contributed by atoms with Crippen LogP contribution >= 0.6 is 0 Å². The average Bonchev–Trinajstić information content (AvgIpc) is 2.89. The van der Waals surface area contributed by atoms with Crippen molar-refractivity contribution in [1.82, 2.24) is 14.8 Å². The third-order valence-electron chi connectivity index (χ3n) is 4.24. The average molecular weight is 328 g/mol. The van der Waals surface area contributed by atoms with E-state index in [2.05, 4.69) is 47.3 Å². The minimum Gasteiger partial charge on any atom is -0.265 e. The van der Waals surface area contributed by atoms with Gasteiger partial charge in [-0.05, 0) is 44.5 Å². The Kier molecular flexibility index (Phi) is 4.76. The molecule has 0 aliphatic rings. The fraction of sp³-hybridized carbons (Fsp3) is 0.190. The van der Waals surface area contributed by atoms with E-state index in [0.717, 1.165) is 17.0 Å². The quantitative estimate of drug-likeness (QED) is 0.670. The van der Waals surface area contributed by atoms with Crippen molar-refractivity contribution < 1.29 is 0 Å². The molecule has 3 aromatic rings. The molecule has 25 heavy (non-hydrogen) atoms. The number of nitrogens with zero attached hydrogens (tertiary/aromatic N) is 4. The first-order chi connectivity index (χ1) is 12.1. The summed E-state index contributed by atoms with van der Waals surface area (Å²) in [6, 6.07) is 16.3. The second-order valence-electron chi connectivity index (χ2n) is 6.11. The minimum absolute atomic E-state index is 0.543. The maximum Gasteiger partial charge on any atom is 0.101 e. The van der Waals surface area contributed by atoms with E-state index in [0.29, 0.717) is 17.8 Å². The lowest BCUT2D eigenvalue weighted by atomic mass is 10.1. The Morgan fingerprint density at radius 1 is 1.12 bits per heavy atom. The lowest BCUT2D eigenvalue weighted by Crippen LogP contribution is -2.04. The number of allylic oxidation sites excluding steroid dienone is 1. The van der Waals surface area contributed by atoms with E-state index in [9.17, 15) is 5.26 Å². The van der Waals surface area contributed by atoms with Crippen LogP contribution in [-0.4, -0.2) is 14.8 Å². The number of aryl methyl sites for hydroxylation is 2. The molecule has 0 amide bonds. The third kappa shape index (κ3) is 3.67. The Morgan fingerprint density at radius 3 is 2.52 bits per heavy atom. The highest BCUT2D eigenvalue weighted by atomic mass is 15.3. The molecule has 0 bridgehead atoms. The molecule has 0 aliphatic heterocycles.